The Morgan fingerprint density at radius 1 is 1.25 bits per heavy atom. The summed E-state index contributed by atoms with van der Waals surface area (Å²) in [5, 5.41) is 3.59. The highest BCUT2D eigenvalue weighted by molar-refractivity contribution is 9.10. The SMILES string of the molecule is CC(NC1CCN(S(C)(=O)=O)CC1)c1ccc(Br)cc1. The van der Waals surface area contributed by atoms with E-state index in [2.05, 4.69) is 40.3 Å². The predicted molar refractivity (Wildman–Crippen MR) is 85.1 cm³/mol. The number of nitrogens with one attached hydrogen (secondary N) is 1. The molecule has 0 spiro atoms. The second-order valence-corrected chi connectivity index (χ2v) is 8.27. The van der Waals surface area contributed by atoms with Gasteiger partial charge in [-0.1, -0.05) is 28.1 Å². The van der Waals surface area contributed by atoms with Crippen LogP contribution < -0.4 is 5.32 Å². The summed E-state index contributed by atoms with van der Waals surface area (Å²) in [6, 6.07) is 8.95. The molecule has 6 heteroatoms. The van der Waals surface area contributed by atoms with E-state index < -0.39 is 10.0 Å². The number of hydrogen-bond acceptors (Lipinski definition) is 3. The van der Waals surface area contributed by atoms with Crippen LogP contribution in [0.4, 0.5) is 0 Å². The van der Waals surface area contributed by atoms with Crippen LogP contribution in [0.3, 0.4) is 0 Å². The van der Waals surface area contributed by atoms with Gasteiger partial charge in [-0.25, -0.2) is 12.7 Å². The van der Waals surface area contributed by atoms with E-state index >= 15 is 0 Å². The van der Waals surface area contributed by atoms with Crippen molar-refractivity contribution < 1.29 is 8.42 Å². The van der Waals surface area contributed by atoms with Crippen molar-refractivity contribution in [1.29, 1.82) is 0 Å². The Balaban J connectivity index is 1.88. The lowest BCUT2D eigenvalue weighted by Gasteiger charge is -2.32. The Labute approximate surface area is 129 Å². The van der Waals surface area contributed by atoms with Gasteiger partial charge in [0.1, 0.15) is 0 Å². The number of benzene rings is 1. The molecule has 0 bridgehead atoms. The van der Waals surface area contributed by atoms with E-state index in [1.807, 2.05) is 12.1 Å². The smallest absolute Gasteiger partial charge is 0.211 e. The Morgan fingerprint density at radius 3 is 2.30 bits per heavy atom. The molecule has 2 rings (SSSR count). The zero-order chi connectivity index (χ0) is 14.8. The molecule has 0 saturated carbocycles. The molecule has 1 fully saturated rings. The summed E-state index contributed by atoms with van der Waals surface area (Å²) in [7, 11) is -3.03. The van der Waals surface area contributed by atoms with Gasteiger partial charge in [-0.05, 0) is 37.5 Å². The van der Waals surface area contributed by atoms with Crippen molar-refractivity contribution in [2.45, 2.75) is 31.8 Å². The van der Waals surface area contributed by atoms with Crippen molar-refractivity contribution >= 4 is 26.0 Å². The van der Waals surface area contributed by atoms with Crippen LogP contribution in [-0.2, 0) is 10.0 Å². The minimum Gasteiger partial charge on any atom is -0.307 e. The number of halogens is 1. The first-order valence-corrected chi connectivity index (χ1v) is 9.47. The Kier molecular flexibility index (Phi) is 5.23. The zero-order valence-corrected chi connectivity index (χ0v) is 14.2. The van der Waals surface area contributed by atoms with E-state index in [1.165, 1.54) is 11.8 Å². The maximum Gasteiger partial charge on any atom is 0.211 e. The highest BCUT2D eigenvalue weighted by Gasteiger charge is 2.25. The third kappa shape index (κ3) is 4.28. The van der Waals surface area contributed by atoms with Crippen LogP contribution in [0.2, 0.25) is 0 Å². The lowest BCUT2D eigenvalue weighted by atomic mass is 10.0. The molecule has 1 aromatic rings. The topological polar surface area (TPSA) is 49.4 Å². The van der Waals surface area contributed by atoms with Crippen molar-refractivity contribution in [3.63, 3.8) is 0 Å². The van der Waals surface area contributed by atoms with E-state index in [1.54, 1.807) is 4.31 Å². The summed E-state index contributed by atoms with van der Waals surface area (Å²) < 4.78 is 25.6. The number of hydrogen-bond donors (Lipinski definition) is 1. The number of nitrogens with zero attached hydrogens (tertiary/aromatic N) is 1. The van der Waals surface area contributed by atoms with Crippen LogP contribution >= 0.6 is 15.9 Å². The van der Waals surface area contributed by atoms with Gasteiger partial charge in [-0.2, -0.15) is 0 Å². The van der Waals surface area contributed by atoms with Gasteiger partial charge < -0.3 is 5.32 Å². The molecule has 4 nitrogen and oxygen atoms in total. The van der Waals surface area contributed by atoms with Gasteiger partial charge >= 0.3 is 0 Å². The number of piperidine rings is 1. The van der Waals surface area contributed by atoms with Gasteiger partial charge in [0.2, 0.25) is 10.0 Å². The lowest BCUT2D eigenvalue weighted by molar-refractivity contribution is 0.278. The van der Waals surface area contributed by atoms with Crippen LogP contribution in [0.1, 0.15) is 31.4 Å². The molecule has 1 aliphatic rings. The highest BCUT2D eigenvalue weighted by atomic mass is 79.9. The molecular weight excluding hydrogens is 340 g/mol. The van der Waals surface area contributed by atoms with Gasteiger partial charge in [0.25, 0.3) is 0 Å². The quantitative estimate of drug-likeness (QED) is 0.897. The standard InChI is InChI=1S/C14H21BrN2O2S/c1-11(12-3-5-13(15)6-4-12)16-14-7-9-17(10-8-14)20(2,18)19/h3-6,11,14,16H,7-10H2,1-2H3. The van der Waals surface area contributed by atoms with Gasteiger partial charge in [0, 0.05) is 29.6 Å². The maximum absolute atomic E-state index is 11.5. The van der Waals surface area contributed by atoms with E-state index in [0.717, 1.165) is 17.3 Å². The fraction of sp³-hybridized carbons (Fsp3) is 0.571. The normalized spacial score (nSPS) is 19.9. The molecule has 0 amide bonds. The minimum atomic E-state index is -3.03. The van der Waals surface area contributed by atoms with E-state index in [0.29, 0.717) is 19.1 Å². The van der Waals surface area contributed by atoms with Gasteiger partial charge in [-0.3, -0.25) is 0 Å². The van der Waals surface area contributed by atoms with Crippen molar-refractivity contribution in [2.75, 3.05) is 19.3 Å². The molecule has 0 radical (unpaired) electrons. The van der Waals surface area contributed by atoms with Crippen molar-refractivity contribution in [1.82, 2.24) is 9.62 Å². The molecular formula is C14H21BrN2O2S. The largest absolute Gasteiger partial charge is 0.307 e. The van der Waals surface area contributed by atoms with Crippen molar-refractivity contribution in [3.05, 3.63) is 34.3 Å². The molecule has 1 N–H and O–H groups in total. The maximum atomic E-state index is 11.5. The monoisotopic (exact) mass is 360 g/mol. The van der Waals surface area contributed by atoms with Crippen molar-refractivity contribution in [2.24, 2.45) is 0 Å². The summed E-state index contributed by atoms with van der Waals surface area (Å²) in [5.74, 6) is 0. The molecule has 1 unspecified atom stereocenters. The summed E-state index contributed by atoms with van der Waals surface area (Å²) in [6.45, 7) is 3.37. The average Bonchev–Trinajstić information content (AvgIpc) is 2.39. The Morgan fingerprint density at radius 2 is 1.80 bits per heavy atom. The van der Waals surface area contributed by atoms with Gasteiger partial charge in [0.15, 0.2) is 0 Å². The Hall–Kier alpha value is -0.430. The number of rotatable bonds is 4. The second kappa shape index (κ2) is 6.56. The fourth-order valence-electron chi connectivity index (χ4n) is 2.56. The molecule has 1 aromatic carbocycles. The second-order valence-electron chi connectivity index (χ2n) is 5.38. The summed E-state index contributed by atoms with van der Waals surface area (Å²) in [4.78, 5) is 0. The highest BCUT2D eigenvalue weighted by Crippen LogP contribution is 2.20. The lowest BCUT2D eigenvalue weighted by Crippen LogP contribution is -2.45. The Bertz CT molecular complexity index is 537. The van der Waals surface area contributed by atoms with Gasteiger partial charge in [-0.15, -0.1) is 0 Å². The van der Waals surface area contributed by atoms with Crippen LogP contribution in [0.25, 0.3) is 0 Å². The third-order valence-corrected chi connectivity index (χ3v) is 5.61. The molecule has 0 aliphatic carbocycles. The third-order valence-electron chi connectivity index (χ3n) is 3.78. The molecule has 112 valence electrons. The van der Waals surface area contributed by atoms with Crippen LogP contribution in [-0.4, -0.2) is 38.1 Å². The average molecular weight is 361 g/mol. The first-order valence-electron chi connectivity index (χ1n) is 6.83. The van der Waals surface area contributed by atoms with Gasteiger partial charge in [0.05, 0.1) is 6.26 Å². The molecule has 20 heavy (non-hydrogen) atoms. The summed E-state index contributed by atoms with van der Waals surface area (Å²) in [5.41, 5.74) is 1.25. The van der Waals surface area contributed by atoms with Crippen molar-refractivity contribution in [3.8, 4) is 0 Å². The first kappa shape index (κ1) is 15.9. The molecule has 1 atom stereocenters. The summed E-state index contributed by atoms with van der Waals surface area (Å²) >= 11 is 3.44. The van der Waals surface area contributed by atoms with Crippen LogP contribution in [0.5, 0.6) is 0 Å². The molecule has 1 heterocycles. The molecule has 1 saturated heterocycles. The first-order chi connectivity index (χ1) is 9.36. The fourth-order valence-corrected chi connectivity index (χ4v) is 3.69. The predicted octanol–water partition coefficient (Wildman–Crippen LogP) is 2.52. The van der Waals surface area contributed by atoms with E-state index in [9.17, 15) is 8.42 Å². The molecule has 0 aromatic heterocycles. The summed E-state index contributed by atoms with van der Waals surface area (Å²) in [6.07, 6.45) is 3.02. The number of sulfonamides is 1. The van der Waals surface area contributed by atoms with Crippen LogP contribution in [0, 0.1) is 0 Å². The van der Waals surface area contributed by atoms with Crippen LogP contribution in [0.15, 0.2) is 28.7 Å². The van der Waals surface area contributed by atoms with E-state index in [4.69, 9.17) is 0 Å². The molecule has 1 aliphatic heterocycles. The zero-order valence-electron chi connectivity index (χ0n) is 11.8. The minimum absolute atomic E-state index is 0.276. The van der Waals surface area contributed by atoms with E-state index in [-0.39, 0.29) is 6.04 Å².